The van der Waals surface area contributed by atoms with Crippen molar-refractivity contribution in [2.45, 2.75) is 69.9 Å². The van der Waals surface area contributed by atoms with Gasteiger partial charge in [-0.1, -0.05) is 48.5 Å². The van der Waals surface area contributed by atoms with Gasteiger partial charge in [0.2, 0.25) is 11.8 Å². The van der Waals surface area contributed by atoms with E-state index in [4.69, 9.17) is 9.47 Å². The van der Waals surface area contributed by atoms with Crippen LogP contribution >= 0.6 is 0 Å². The van der Waals surface area contributed by atoms with Crippen molar-refractivity contribution in [3.63, 3.8) is 0 Å². The molecule has 2 aromatic rings. The Morgan fingerprint density at radius 1 is 0.974 bits per heavy atom. The average Bonchev–Trinajstić information content (AvgIpc) is 2.95. The van der Waals surface area contributed by atoms with Gasteiger partial charge in [0.05, 0.1) is 19.8 Å². The van der Waals surface area contributed by atoms with Crippen LogP contribution in [0.4, 0.5) is 0 Å². The SMILES string of the molecule is CCOc1ccccc1CCNC(=O)CCC(=O)NC1CCC(Cc2ccccc2)(N2CCOCC2)CC1. The van der Waals surface area contributed by atoms with Crippen LogP contribution in [0.3, 0.4) is 0 Å². The fourth-order valence-electron chi connectivity index (χ4n) is 5.88. The maximum Gasteiger partial charge on any atom is 0.220 e. The highest BCUT2D eigenvalue weighted by atomic mass is 16.5. The highest BCUT2D eigenvalue weighted by molar-refractivity contribution is 5.83. The third-order valence-electron chi connectivity index (χ3n) is 7.91. The molecule has 2 N–H and O–H groups in total. The Morgan fingerprint density at radius 3 is 2.39 bits per heavy atom. The van der Waals surface area contributed by atoms with Gasteiger partial charge in [-0.3, -0.25) is 14.5 Å². The van der Waals surface area contributed by atoms with Crippen LogP contribution in [0.5, 0.6) is 5.75 Å². The highest BCUT2D eigenvalue weighted by Gasteiger charge is 2.41. The van der Waals surface area contributed by atoms with Crippen LogP contribution in [0.2, 0.25) is 0 Å². The maximum absolute atomic E-state index is 12.6. The van der Waals surface area contributed by atoms with E-state index in [-0.39, 0.29) is 36.2 Å². The van der Waals surface area contributed by atoms with Crippen LogP contribution in [0, 0.1) is 0 Å². The van der Waals surface area contributed by atoms with E-state index in [0.717, 1.165) is 69.7 Å². The van der Waals surface area contributed by atoms with Crippen molar-refractivity contribution in [2.75, 3.05) is 39.5 Å². The third kappa shape index (κ3) is 8.05. The molecule has 1 aliphatic carbocycles. The summed E-state index contributed by atoms with van der Waals surface area (Å²) in [6, 6.07) is 18.8. The number of benzene rings is 2. The third-order valence-corrected chi connectivity index (χ3v) is 7.91. The van der Waals surface area contributed by atoms with E-state index in [1.807, 2.05) is 31.2 Å². The molecule has 38 heavy (non-hydrogen) atoms. The Labute approximate surface area is 227 Å². The zero-order valence-electron chi connectivity index (χ0n) is 22.8. The number of rotatable bonds is 12. The number of nitrogens with zero attached hydrogens (tertiary/aromatic N) is 1. The molecule has 2 fully saturated rings. The first-order valence-corrected chi connectivity index (χ1v) is 14.2. The van der Waals surface area contributed by atoms with E-state index in [2.05, 4.69) is 45.9 Å². The van der Waals surface area contributed by atoms with Crippen LogP contribution < -0.4 is 15.4 Å². The van der Waals surface area contributed by atoms with Gasteiger partial charge in [0, 0.05) is 44.1 Å². The van der Waals surface area contributed by atoms with E-state index in [9.17, 15) is 9.59 Å². The maximum atomic E-state index is 12.6. The summed E-state index contributed by atoms with van der Waals surface area (Å²) >= 11 is 0. The van der Waals surface area contributed by atoms with Crippen molar-refractivity contribution in [1.29, 1.82) is 0 Å². The van der Waals surface area contributed by atoms with E-state index in [0.29, 0.717) is 19.6 Å². The zero-order chi connectivity index (χ0) is 26.6. The summed E-state index contributed by atoms with van der Waals surface area (Å²) < 4.78 is 11.3. The highest BCUT2D eigenvalue weighted by Crippen LogP contribution is 2.37. The summed E-state index contributed by atoms with van der Waals surface area (Å²) in [4.78, 5) is 27.6. The summed E-state index contributed by atoms with van der Waals surface area (Å²) in [7, 11) is 0. The molecule has 1 saturated heterocycles. The molecule has 1 aliphatic heterocycles. The van der Waals surface area contributed by atoms with Gasteiger partial charge >= 0.3 is 0 Å². The smallest absolute Gasteiger partial charge is 0.220 e. The molecule has 2 aliphatic rings. The van der Waals surface area contributed by atoms with Crippen LogP contribution in [-0.4, -0.2) is 67.7 Å². The quantitative estimate of drug-likeness (QED) is 0.443. The van der Waals surface area contributed by atoms with Gasteiger partial charge < -0.3 is 20.1 Å². The van der Waals surface area contributed by atoms with Gasteiger partial charge in [-0.05, 0) is 62.6 Å². The summed E-state index contributed by atoms with van der Waals surface area (Å²) in [5.74, 6) is 0.734. The molecule has 206 valence electrons. The lowest BCUT2D eigenvalue weighted by atomic mass is 9.74. The minimum absolute atomic E-state index is 0.0335. The van der Waals surface area contributed by atoms with Crippen molar-refractivity contribution in [2.24, 2.45) is 0 Å². The number of ether oxygens (including phenoxy) is 2. The molecule has 0 aromatic heterocycles. The van der Waals surface area contributed by atoms with Gasteiger partial charge in [0.25, 0.3) is 0 Å². The zero-order valence-corrected chi connectivity index (χ0v) is 22.8. The lowest BCUT2D eigenvalue weighted by Crippen LogP contribution is -2.58. The first-order valence-electron chi connectivity index (χ1n) is 14.2. The second-order valence-corrected chi connectivity index (χ2v) is 10.5. The predicted octanol–water partition coefficient (Wildman–Crippen LogP) is 3.90. The number of hydrogen-bond acceptors (Lipinski definition) is 5. The lowest BCUT2D eigenvalue weighted by molar-refractivity contribution is -0.127. The number of morpholine rings is 1. The van der Waals surface area contributed by atoms with Gasteiger partial charge in [0.15, 0.2) is 0 Å². The number of carbonyl (C=O) groups is 2. The fraction of sp³-hybridized carbons (Fsp3) is 0.548. The molecule has 0 spiro atoms. The molecule has 1 heterocycles. The Balaban J connectivity index is 1.19. The molecule has 0 atom stereocenters. The lowest BCUT2D eigenvalue weighted by Gasteiger charge is -2.50. The summed E-state index contributed by atoms with van der Waals surface area (Å²) in [5, 5.41) is 6.14. The van der Waals surface area contributed by atoms with Crippen molar-refractivity contribution >= 4 is 11.8 Å². The van der Waals surface area contributed by atoms with Crippen LogP contribution in [0.1, 0.15) is 56.6 Å². The van der Waals surface area contributed by atoms with Crippen molar-refractivity contribution in [3.8, 4) is 5.75 Å². The number of carbonyl (C=O) groups excluding carboxylic acids is 2. The molecule has 0 bridgehead atoms. The minimum Gasteiger partial charge on any atom is -0.494 e. The Bertz CT molecular complexity index is 1010. The van der Waals surface area contributed by atoms with E-state index >= 15 is 0 Å². The largest absolute Gasteiger partial charge is 0.494 e. The molecule has 4 rings (SSSR count). The molecular formula is C31H43N3O4. The molecule has 7 nitrogen and oxygen atoms in total. The predicted molar refractivity (Wildman–Crippen MR) is 149 cm³/mol. The van der Waals surface area contributed by atoms with Gasteiger partial charge in [-0.2, -0.15) is 0 Å². The Kier molecular flexibility index (Phi) is 10.6. The van der Waals surface area contributed by atoms with Crippen LogP contribution in [0.15, 0.2) is 54.6 Å². The molecule has 0 radical (unpaired) electrons. The van der Waals surface area contributed by atoms with Crippen LogP contribution in [-0.2, 0) is 27.2 Å². The number of nitrogens with one attached hydrogen (secondary N) is 2. The first kappa shape index (κ1) is 28.1. The summed E-state index contributed by atoms with van der Waals surface area (Å²) in [5.41, 5.74) is 2.56. The molecule has 2 aromatic carbocycles. The number of hydrogen-bond donors (Lipinski definition) is 2. The Hall–Kier alpha value is -2.90. The average molecular weight is 522 g/mol. The van der Waals surface area contributed by atoms with Crippen molar-refractivity contribution < 1.29 is 19.1 Å². The fourth-order valence-corrected chi connectivity index (χ4v) is 5.88. The number of para-hydroxylation sites is 1. The molecule has 0 unspecified atom stereocenters. The second-order valence-electron chi connectivity index (χ2n) is 10.5. The normalized spacial score (nSPS) is 22.0. The monoisotopic (exact) mass is 521 g/mol. The number of amides is 2. The molecule has 7 heteroatoms. The molecule has 2 amide bonds. The van der Waals surface area contributed by atoms with Gasteiger partial charge in [0.1, 0.15) is 5.75 Å². The summed E-state index contributed by atoms with van der Waals surface area (Å²) in [6.07, 6.45) is 6.18. The van der Waals surface area contributed by atoms with Crippen molar-refractivity contribution in [1.82, 2.24) is 15.5 Å². The second kappa shape index (κ2) is 14.3. The van der Waals surface area contributed by atoms with Crippen molar-refractivity contribution in [3.05, 3.63) is 65.7 Å². The summed E-state index contributed by atoms with van der Waals surface area (Å²) in [6.45, 7) is 6.61. The van der Waals surface area contributed by atoms with E-state index in [1.54, 1.807) is 0 Å². The van der Waals surface area contributed by atoms with E-state index < -0.39 is 0 Å². The molecular weight excluding hydrogens is 478 g/mol. The standard InChI is InChI=1S/C31H43N3O4/c1-2-38-28-11-7-6-10-26(28)16-19-32-29(35)12-13-30(36)33-27-14-17-31(18-15-27,34-20-22-37-23-21-34)24-25-8-4-3-5-9-25/h3-11,27H,2,12-24H2,1H3,(H,32,35)(H,33,36). The van der Waals surface area contributed by atoms with E-state index in [1.165, 1.54) is 5.56 Å². The first-order chi connectivity index (χ1) is 18.6. The molecule has 1 saturated carbocycles. The minimum atomic E-state index is -0.0909. The Morgan fingerprint density at radius 2 is 1.66 bits per heavy atom. The topological polar surface area (TPSA) is 79.9 Å². The van der Waals surface area contributed by atoms with Crippen LogP contribution in [0.25, 0.3) is 0 Å². The van der Waals surface area contributed by atoms with Gasteiger partial charge in [-0.15, -0.1) is 0 Å². The van der Waals surface area contributed by atoms with Gasteiger partial charge in [-0.25, -0.2) is 0 Å².